The number of fused-ring (bicyclic) bond motifs is 4. The van der Waals surface area contributed by atoms with Crippen molar-refractivity contribution in [2.24, 2.45) is 5.92 Å². The monoisotopic (exact) mass is 560 g/mol. The fraction of sp³-hybridized carbons (Fsp3) is 0.231. The molecule has 2 atom stereocenters. The lowest BCUT2D eigenvalue weighted by atomic mass is 9.97. The lowest BCUT2D eigenvalue weighted by Crippen LogP contribution is -2.27. The molecule has 40 heavy (non-hydrogen) atoms. The third kappa shape index (κ3) is 4.64. The van der Waals surface area contributed by atoms with E-state index in [9.17, 15) is 9.59 Å². The quantitative estimate of drug-likeness (QED) is 0.338. The highest BCUT2D eigenvalue weighted by atomic mass is 35.5. The second-order valence-corrected chi connectivity index (χ2v) is 9.90. The van der Waals surface area contributed by atoms with E-state index in [2.05, 4.69) is 41.0 Å². The van der Waals surface area contributed by atoms with E-state index < -0.39 is 17.4 Å². The zero-order valence-electron chi connectivity index (χ0n) is 21.1. The van der Waals surface area contributed by atoms with Crippen LogP contribution in [-0.2, 0) is 4.79 Å². The Morgan fingerprint density at radius 3 is 2.77 bits per heavy atom. The number of nitrogens with one attached hydrogen (secondary N) is 2. The van der Waals surface area contributed by atoms with Crippen LogP contribution in [0.15, 0.2) is 60.2 Å². The second-order valence-electron chi connectivity index (χ2n) is 9.49. The summed E-state index contributed by atoms with van der Waals surface area (Å²) < 4.78 is 18.0. The number of aromatic amines is 1. The van der Waals surface area contributed by atoms with Crippen LogP contribution in [0, 0.1) is 11.7 Å². The smallest absolute Gasteiger partial charge is 0.254 e. The van der Waals surface area contributed by atoms with E-state index in [4.69, 9.17) is 11.6 Å². The summed E-state index contributed by atoms with van der Waals surface area (Å²) in [5.74, 6) is -1.12. The molecule has 0 saturated carbocycles. The molecule has 1 aromatic carbocycles. The number of tetrazole rings is 1. The van der Waals surface area contributed by atoms with Gasteiger partial charge in [0.15, 0.2) is 5.82 Å². The first-order valence-corrected chi connectivity index (χ1v) is 12.9. The number of pyridine rings is 1. The number of aromatic nitrogens is 9. The van der Waals surface area contributed by atoms with Crippen LogP contribution in [0.4, 0.5) is 10.1 Å². The predicted molar refractivity (Wildman–Crippen MR) is 143 cm³/mol. The van der Waals surface area contributed by atoms with Crippen molar-refractivity contribution in [3.63, 3.8) is 0 Å². The lowest BCUT2D eigenvalue weighted by Gasteiger charge is -2.22. The van der Waals surface area contributed by atoms with Crippen molar-refractivity contribution < 1.29 is 9.18 Å². The largest absolute Gasteiger partial charge is 0.323 e. The van der Waals surface area contributed by atoms with Gasteiger partial charge in [0.25, 0.3) is 5.56 Å². The molecule has 12 nitrogen and oxygen atoms in total. The summed E-state index contributed by atoms with van der Waals surface area (Å²) in [5, 5.41) is 20.9. The average Bonchev–Trinajstić information content (AvgIpc) is 3.65. The van der Waals surface area contributed by atoms with Gasteiger partial charge in [-0.1, -0.05) is 24.9 Å². The first kappa shape index (κ1) is 25.5. The molecule has 5 aromatic rings. The zero-order chi connectivity index (χ0) is 27.8. The summed E-state index contributed by atoms with van der Waals surface area (Å²) in [6, 6.07) is 7.35. The van der Waals surface area contributed by atoms with E-state index in [0.717, 1.165) is 5.56 Å². The number of anilines is 1. The molecule has 6 rings (SSSR count). The molecule has 0 aliphatic carbocycles. The minimum Gasteiger partial charge on any atom is -0.323 e. The molecule has 4 aromatic heterocycles. The van der Waals surface area contributed by atoms with Gasteiger partial charge in [-0.15, -0.1) is 5.10 Å². The highest BCUT2D eigenvalue weighted by Gasteiger charge is 2.24. The van der Waals surface area contributed by atoms with Crippen molar-refractivity contribution in [3.8, 4) is 28.2 Å². The maximum atomic E-state index is 15.3. The maximum Gasteiger partial charge on any atom is 0.254 e. The lowest BCUT2D eigenvalue weighted by molar-refractivity contribution is -0.119. The number of hydrogen-bond donors (Lipinski definition) is 2. The van der Waals surface area contributed by atoms with Gasteiger partial charge in [0.05, 0.1) is 57.6 Å². The molecule has 0 radical (unpaired) electrons. The van der Waals surface area contributed by atoms with Crippen molar-refractivity contribution in [3.05, 3.63) is 82.3 Å². The van der Waals surface area contributed by atoms with Crippen LogP contribution in [-0.4, -0.2) is 50.8 Å². The fourth-order valence-electron chi connectivity index (χ4n) is 4.85. The van der Waals surface area contributed by atoms with Gasteiger partial charge in [0.2, 0.25) is 5.91 Å². The first-order chi connectivity index (χ1) is 19.4. The number of amides is 1. The van der Waals surface area contributed by atoms with Crippen LogP contribution >= 0.6 is 11.6 Å². The van der Waals surface area contributed by atoms with Crippen LogP contribution in [0.2, 0.25) is 5.02 Å². The van der Waals surface area contributed by atoms with E-state index in [1.807, 2.05) is 13.0 Å². The van der Waals surface area contributed by atoms with E-state index in [1.54, 1.807) is 24.5 Å². The van der Waals surface area contributed by atoms with Gasteiger partial charge in [-0.2, -0.15) is 9.78 Å². The summed E-state index contributed by atoms with van der Waals surface area (Å²) >= 11 is 6.07. The molecule has 2 N–H and O–H groups in total. The van der Waals surface area contributed by atoms with Crippen molar-refractivity contribution in [1.29, 1.82) is 0 Å². The summed E-state index contributed by atoms with van der Waals surface area (Å²) in [4.78, 5) is 35.4. The van der Waals surface area contributed by atoms with Gasteiger partial charge >= 0.3 is 0 Å². The predicted octanol–water partition coefficient (Wildman–Crippen LogP) is 3.81. The third-order valence-electron chi connectivity index (χ3n) is 6.97. The summed E-state index contributed by atoms with van der Waals surface area (Å²) in [7, 11) is 0. The maximum absolute atomic E-state index is 15.3. The Morgan fingerprint density at radius 1 is 1.10 bits per heavy atom. The molecule has 1 aliphatic heterocycles. The second kappa shape index (κ2) is 10.4. The number of H-pyrrole nitrogens is 1. The first-order valence-electron chi connectivity index (χ1n) is 12.5. The normalized spacial score (nSPS) is 17.4. The Bertz CT molecular complexity index is 1770. The minimum atomic E-state index is -0.748. The van der Waals surface area contributed by atoms with Crippen molar-refractivity contribution >= 4 is 23.2 Å². The van der Waals surface area contributed by atoms with Crippen LogP contribution in [0.3, 0.4) is 0 Å². The van der Waals surface area contributed by atoms with Gasteiger partial charge in [0, 0.05) is 23.7 Å². The average molecular weight is 561 g/mol. The zero-order valence-corrected chi connectivity index (χ0v) is 21.9. The van der Waals surface area contributed by atoms with Gasteiger partial charge in [-0.25, -0.2) is 9.37 Å². The molecule has 0 fully saturated rings. The van der Waals surface area contributed by atoms with Crippen LogP contribution < -0.4 is 10.9 Å². The molecule has 5 heterocycles. The molecule has 0 unspecified atom stereocenters. The number of carbonyl (C=O) groups excluding carboxylic acids is 1. The molecule has 2 bridgehead atoms. The third-order valence-corrected chi connectivity index (χ3v) is 7.26. The Morgan fingerprint density at radius 2 is 1.98 bits per heavy atom. The summed E-state index contributed by atoms with van der Waals surface area (Å²) in [6.07, 6.45) is 7.65. The van der Waals surface area contributed by atoms with E-state index >= 15 is 4.39 Å². The van der Waals surface area contributed by atoms with Crippen molar-refractivity contribution in [2.45, 2.75) is 32.2 Å². The van der Waals surface area contributed by atoms with Crippen LogP contribution in [0.1, 0.15) is 37.9 Å². The fourth-order valence-corrected chi connectivity index (χ4v) is 5.01. The minimum absolute atomic E-state index is 0.00512. The Labute approximate surface area is 231 Å². The standard InChI is InChI=1S/C26H22ClFN10O2/c1-14-3-2-4-20(17-9-15(7-8-29-17)25-19(11-31-34-25)33-26(14)40)37-12-30-18(10-22(37)39)23-21(38-13-32-35-36-38)6-5-16(27)24(23)28/h5-14,20H,2-4H2,1H3,(H,31,34)(H,33,40)/t14-,20+/m1/s1. The molecular formula is C26H22ClFN10O2. The Balaban J connectivity index is 1.45. The molecule has 1 aliphatic rings. The Kier molecular flexibility index (Phi) is 6.64. The number of rotatable bonds is 3. The van der Waals surface area contributed by atoms with E-state index in [-0.39, 0.29) is 33.8 Å². The van der Waals surface area contributed by atoms with Crippen molar-refractivity contribution in [1.82, 2.24) is 44.9 Å². The number of halogens is 2. The summed E-state index contributed by atoms with van der Waals surface area (Å²) in [6.45, 7) is 1.86. The van der Waals surface area contributed by atoms with E-state index in [1.165, 1.54) is 34.0 Å². The molecule has 0 saturated heterocycles. The van der Waals surface area contributed by atoms with Gasteiger partial charge < -0.3 is 5.32 Å². The molecule has 0 spiro atoms. The number of carbonyl (C=O) groups is 1. The topological polar surface area (TPSA) is 149 Å². The number of hydrogen-bond acceptors (Lipinski definition) is 8. The van der Waals surface area contributed by atoms with Gasteiger partial charge in [-0.05, 0) is 47.5 Å². The highest BCUT2D eigenvalue weighted by Crippen LogP contribution is 2.33. The molecule has 14 heteroatoms. The molecular weight excluding hydrogens is 539 g/mol. The Hall–Kier alpha value is -4.78. The SMILES string of the molecule is C[C@@H]1CCC[C@H](n2cnc(-c3c(-n4cnnn4)ccc(Cl)c3F)cc2=O)c2cc(ccn2)-c2[nH]ncc2NC1=O. The summed E-state index contributed by atoms with van der Waals surface area (Å²) in [5.41, 5.74) is 2.53. The number of nitrogens with zero attached hydrogens (tertiary/aromatic N) is 8. The van der Waals surface area contributed by atoms with E-state index in [0.29, 0.717) is 36.3 Å². The van der Waals surface area contributed by atoms with Gasteiger partial charge in [0.1, 0.15) is 6.33 Å². The van der Waals surface area contributed by atoms with Crippen LogP contribution in [0.25, 0.3) is 28.2 Å². The number of benzene rings is 1. The van der Waals surface area contributed by atoms with Gasteiger partial charge in [-0.3, -0.25) is 24.2 Å². The highest BCUT2D eigenvalue weighted by molar-refractivity contribution is 6.31. The molecule has 202 valence electrons. The van der Waals surface area contributed by atoms with Crippen LogP contribution in [0.5, 0.6) is 0 Å². The van der Waals surface area contributed by atoms with Crippen molar-refractivity contribution in [2.75, 3.05) is 5.32 Å². The molecule has 1 amide bonds.